The average molecular weight is 371 g/mol. The summed E-state index contributed by atoms with van der Waals surface area (Å²) in [5.41, 5.74) is 1.51. The first-order chi connectivity index (χ1) is 12.2. The lowest BCUT2D eigenvalue weighted by Gasteiger charge is -2.14. The van der Waals surface area contributed by atoms with Crippen molar-refractivity contribution in [2.24, 2.45) is 0 Å². The number of pyridine rings is 1. The van der Waals surface area contributed by atoms with Gasteiger partial charge >= 0.3 is 0 Å². The van der Waals surface area contributed by atoms with Crippen LogP contribution in [-0.4, -0.2) is 27.1 Å². The van der Waals surface area contributed by atoms with E-state index in [-0.39, 0.29) is 5.91 Å². The summed E-state index contributed by atoms with van der Waals surface area (Å²) < 4.78 is 0.836. The second-order valence-corrected chi connectivity index (χ2v) is 8.62. The molecule has 0 radical (unpaired) electrons. The van der Waals surface area contributed by atoms with Crippen molar-refractivity contribution in [1.29, 1.82) is 0 Å². The van der Waals surface area contributed by atoms with Gasteiger partial charge in [-0.15, -0.1) is 10.2 Å². The van der Waals surface area contributed by atoms with Crippen molar-refractivity contribution in [2.75, 3.05) is 0 Å². The number of rotatable bonds is 4. The van der Waals surface area contributed by atoms with Crippen molar-refractivity contribution in [2.45, 2.75) is 48.0 Å². The Morgan fingerprint density at radius 3 is 2.80 bits per heavy atom. The van der Waals surface area contributed by atoms with Crippen molar-refractivity contribution < 1.29 is 4.79 Å². The molecule has 0 spiro atoms. The third kappa shape index (κ3) is 3.67. The van der Waals surface area contributed by atoms with Gasteiger partial charge in [-0.1, -0.05) is 42.4 Å². The zero-order valence-electron chi connectivity index (χ0n) is 13.9. The highest BCUT2D eigenvalue weighted by atomic mass is 32.2. The molecule has 0 unspecified atom stereocenters. The summed E-state index contributed by atoms with van der Waals surface area (Å²) in [5.74, 6) is -0.0132. The maximum Gasteiger partial charge on any atom is 0.252 e. The number of fused-ring (bicyclic) bond motifs is 1. The lowest BCUT2D eigenvalue weighted by molar-refractivity contribution is 0.0939. The van der Waals surface area contributed by atoms with Gasteiger partial charge in [0.25, 0.3) is 5.91 Å². The molecule has 2 aromatic heterocycles. The van der Waals surface area contributed by atoms with Crippen LogP contribution < -0.4 is 5.32 Å². The summed E-state index contributed by atoms with van der Waals surface area (Å²) in [6, 6.07) is 9.94. The van der Waals surface area contributed by atoms with Crippen LogP contribution >= 0.6 is 23.1 Å². The van der Waals surface area contributed by atoms with E-state index < -0.39 is 0 Å². The van der Waals surface area contributed by atoms with E-state index in [0.29, 0.717) is 11.6 Å². The number of benzene rings is 1. The lowest BCUT2D eigenvalue weighted by Crippen LogP contribution is -2.32. The topological polar surface area (TPSA) is 67.8 Å². The Morgan fingerprint density at radius 1 is 1.24 bits per heavy atom. The van der Waals surface area contributed by atoms with Crippen LogP contribution in [0.25, 0.3) is 10.9 Å². The Hall–Kier alpha value is -1.99. The number of nitrogens with one attached hydrogen (secondary N) is 1. The minimum atomic E-state index is -0.0132. The summed E-state index contributed by atoms with van der Waals surface area (Å²) in [6.45, 7) is 1.93. The van der Waals surface area contributed by atoms with Gasteiger partial charge in [-0.3, -0.25) is 4.79 Å². The number of aryl methyl sites for hydroxylation is 1. The van der Waals surface area contributed by atoms with Crippen molar-refractivity contribution >= 4 is 39.9 Å². The van der Waals surface area contributed by atoms with E-state index in [1.54, 1.807) is 0 Å². The van der Waals surface area contributed by atoms with Crippen LogP contribution in [-0.2, 0) is 0 Å². The molecule has 1 amide bonds. The highest BCUT2D eigenvalue weighted by molar-refractivity contribution is 8.01. The SMILES string of the molecule is Cc1nnc(Sc2cc(C(=O)NC3CCCC3)c3ccccc3n2)s1. The number of nitrogens with zero attached hydrogens (tertiary/aromatic N) is 3. The molecule has 25 heavy (non-hydrogen) atoms. The minimum Gasteiger partial charge on any atom is -0.349 e. The first-order valence-electron chi connectivity index (χ1n) is 8.37. The first-order valence-corrected chi connectivity index (χ1v) is 10.0. The van der Waals surface area contributed by atoms with Crippen molar-refractivity contribution in [3.05, 3.63) is 40.9 Å². The predicted molar refractivity (Wildman–Crippen MR) is 100 cm³/mol. The number of carbonyl (C=O) groups is 1. The monoisotopic (exact) mass is 370 g/mol. The summed E-state index contributed by atoms with van der Waals surface area (Å²) in [6.07, 6.45) is 4.53. The van der Waals surface area contributed by atoms with Crippen molar-refractivity contribution in [1.82, 2.24) is 20.5 Å². The van der Waals surface area contributed by atoms with E-state index in [0.717, 1.165) is 38.1 Å². The number of aromatic nitrogens is 3. The zero-order valence-corrected chi connectivity index (χ0v) is 15.5. The normalized spacial score (nSPS) is 14.9. The molecule has 7 heteroatoms. The molecule has 1 fully saturated rings. The zero-order chi connectivity index (χ0) is 17.2. The fourth-order valence-electron chi connectivity index (χ4n) is 3.13. The fraction of sp³-hybridized carbons (Fsp3) is 0.333. The Bertz CT molecular complexity index is 918. The molecule has 0 aliphatic heterocycles. The number of amides is 1. The Balaban J connectivity index is 1.69. The minimum absolute atomic E-state index is 0.0132. The van der Waals surface area contributed by atoms with E-state index in [1.807, 2.05) is 37.3 Å². The molecule has 128 valence electrons. The molecule has 0 bridgehead atoms. The van der Waals surface area contributed by atoms with E-state index in [1.165, 1.54) is 35.9 Å². The van der Waals surface area contributed by atoms with Crippen LogP contribution in [0.2, 0.25) is 0 Å². The average Bonchev–Trinajstić information content (AvgIpc) is 3.26. The van der Waals surface area contributed by atoms with Gasteiger partial charge in [0, 0.05) is 11.4 Å². The molecule has 2 heterocycles. The number of para-hydroxylation sites is 1. The Labute approximate surface area is 154 Å². The Morgan fingerprint density at radius 2 is 2.04 bits per heavy atom. The van der Waals surface area contributed by atoms with Gasteiger partial charge < -0.3 is 5.32 Å². The standard InChI is InChI=1S/C18H18N4OS2/c1-11-21-22-18(24-11)25-16-10-14(13-8-4-5-9-15(13)20-16)17(23)19-12-6-2-3-7-12/h4-5,8-10,12H,2-3,6-7H2,1H3,(H,19,23). The van der Waals surface area contributed by atoms with Gasteiger partial charge in [0.15, 0.2) is 4.34 Å². The van der Waals surface area contributed by atoms with E-state index in [9.17, 15) is 4.79 Å². The molecule has 1 aliphatic rings. The van der Waals surface area contributed by atoms with Crippen LogP contribution in [0.4, 0.5) is 0 Å². The number of carbonyl (C=O) groups excluding carboxylic acids is 1. The van der Waals surface area contributed by atoms with Gasteiger partial charge in [0.1, 0.15) is 10.0 Å². The lowest BCUT2D eigenvalue weighted by atomic mass is 10.1. The molecule has 0 atom stereocenters. The Kier molecular flexibility index (Phi) is 4.67. The molecule has 3 aromatic rings. The van der Waals surface area contributed by atoms with Gasteiger partial charge in [-0.05, 0) is 43.7 Å². The molecule has 1 aliphatic carbocycles. The van der Waals surface area contributed by atoms with Crippen LogP contribution in [0, 0.1) is 6.92 Å². The van der Waals surface area contributed by atoms with E-state index in [2.05, 4.69) is 20.5 Å². The molecule has 1 N–H and O–H groups in total. The maximum absolute atomic E-state index is 12.8. The molecule has 0 saturated heterocycles. The van der Waals surface area contributed by atoms with Gasteiger partial charge in [-0.2, -0.15) is 0 Å². The third-order valence-electron chi connectivity index (χ3n) is 4.33. The van der Waals surface area contributed by atoms with Crippen LogP contribution in [0.1, 0.15) is 41.0 Å². The number of hydrogen-bond donors (Lipinski definition) is 1. The molecule has 1 saturated carbocycles. The molecular formula is C18H18N4OS2. The van der Waals surface area contributed by atoms with Gasteiger partial charge in [0.05, 0.1) is 11.1 Å². The summed E-state index contributed by atoms with van der Waals surface area (Å²) in [4.78, 5) is 17.5. The van der Waals surface area contributed by atoms with Crippen LogP contribution in [0.15, 0.2) is 39.7 Å². The fourth-order valence-corrected chi connectivity index (χ4v) is 4.92. The summed E-state index contributed by atoms with van der Waals surface area (Å²) >= 11 is 2.98. The molecule has 1 aromatic carbocycles. The smallest absolute Gasteiger partial charge is 0.252 e. The summed E-state index contributed by atoms with van der Waals surface area (Å²) in [5, 5.41) is 13.9. The summed E-state index contributed by atoms with van der Waals surface area (Å²) in [7, 11) is 0. The largest absolute Gasteiger partial charge is 0.349 e. The molecule has 5 nitrogen and oxygen atoms in total. The predicted octanol–water partition coefficient (Wildman–Crippen LogP) is 4.22. The van der Waals surface area contributed by atoms with Crippen LogP contribution in [0.5, 0.6) is 0 Å². The van der Waals surface area contributed by atoms with E-state index >= 15 is 0 Å². The van der Waals surface area contributed by atoms with Crippen molar-refractivity contribution in [3.63, 3.8) is 0 Å². The van der Waals surface area contributed by atoms with Crippen LogP contribution in [0.3, 0.4) is 0 Å². The van der Waals surface area contributed by atoms with Crippen molar-refractivity contribution in [3.8, 4) is 0 Å². The quantitative estimate of drug-likeness (QED) is 0.745. The second-order valence-electron chi connectivity index (χ2n) is 6.17. The maximum atomic E-state index is 12.8. The van der Waals surface area contributed by atoms with Gasteiger partial charge in [0.2, 0.25) is 0 Å². The second kappa shape index (κ2) is 7.09. The van der Waals surface area contributed by atoms with Gasteiger partial charge in [-0.25, -0.2) is 4.98 Å². The van der Waals surface area contributed by atoms with E-state index in [4.69, 9.17) is 0 Å². The third-order valence-corrected chi connectivity index (χ3v) is 6.13. The highest BCUT2D eigenvalue weighted by Gasteiger charge is 2.20. The molecular weight excluding hydrogens is 352 g/mol. The molecule has 4 rings (SSSR count). The number of hydrogen-bond acceptors (Lipinski definition) is 6. The highest BCUT2D eigenvalue weighted by Crippen LogP contribution is 2.31. The first kappa shape index (κ1) is 16.5.